The Hall–Kier alpha value is -3.58. The van der Waals surface area contributed by atoms with Crippen molar-refractivity contribution in [1.29, 1.82) is 0 Å². The molecule has 0 saturated heterocycles. The monoisotopic (exact) mass is 502 g/mol. The van der Waals surface area contributed by atoms with Crippen LogP contribution in [-0.4, -0.2) is 23.7 Å². The van der Waals surface area contributed by atoms with Gasteiger partial charge in [-0.15, -0.1) is 0 Å². The fraction of sp³-hybridized carbons (Fsp3) is 0.276. The molecule has 3 aromatic carbocycles. The minimum atomic E-state index is -0.582. The van der Waals surface area contributed by atoms with Crippen LogP contribution in [-0.2, 0) is 4.74 Å². The van der Waals surface area contributed by atoms with Gasteiger partial charge in [0, 0.05) is 16.9 Å². The zero-order valence-electron chi connectivity index (χ0n) is 20.6. The molecule has 1 aliphatic carbocycles. The summed E-state index contributed by atoms with van der Waals surface area (Å²) >= 11 is 1.08. The molecule has 0 fully saturated rings. The highest BCUT2D eigenvalue weighted by molar-refractivity contribution is 8.02. The summed E-state index contributed by atoms with van der Waals surface area (Å²) in [6, 6.07) is 23.3. The number of carbonyl (C=O) groups is 1. The lowest BCUT2D eigenvalue weighted by molar-refractivity contribution is -0.410. The third-order valence-electron chi connectivity index (χ3n) is 6.14. The summed E-state index contributed by atoms with van der Waals surface area (Å²) in [5.41, 5.74) is 5.67. The summed E-state index contributed by atoms with van der Waals surface area (Å²) < 4.78 is 5.67. The van der Waals surface area contributed by atoms with Crippen LogP contribution in [0.3, 0.4) is 0 Å². The summed E-state index contributed by atoms with van der Waals surface area (Å²) in [5.74, 6) is 0.172. The molecule has 1 N–H and O–H groups in total. The number of carbonyl (C=O) groups excluding carboxylic acids is 1. The highest BCUT2D eigenvalue weighted by Crippen LogP contribution is 2.44. The molecule has 0 radical (unpaired) electrons. The van der Waals surface area contributed by atoms with Crippen molar-refractivity contribution in [2.24, 2.45) is 5.92 Å². The second-order valence-corrected chi connectivity index (χ2v) is 10.5. The Kier molecular flexibility index (Phi) is 8.10. The van der Waals surface area contributed by atoms with E-state index in [0.29, 0.717) is 6.42 Å². The second-order valence-electron chi connectivity index (χ2n) is 9.38. The van der Waals surface area contributed by atoms with Crippen molar-refractivity contribution in [1.82, 2.24) is 5.32 Å². The number of fused-ring (bicyclic) bond motifs is 3. The molecule has 0 heterocycles. The maximum atomic E-state index is 12.8. The van der Waals surface area contributed by atoms with Crippen LogP contribution in [0.25, 0.3) is 11.1 Å². The van der Waals surface area contributed by atoms with Gasteiger partial charge in [0.2, 0.25) is 0 Å². The summed E-state index contributed by atoms with van der Waals surface area (Å²) in [6.45, 7) is 6.19. The molecule has 0 unspecified atom stereocenters. The van der Waals surface area contributed by atoms with Gasteiger partial charge in [-0.05, 0) is 65.4 Å². The van der Waals surface area contributed by atoms with Crippen molar-refractivity contribution in [3.8, 4) is 11.1 Å². The van der Waals surface area contributed by atoms with Gasteiger partial charge >= 0.3 is 11.1 Å². The number of nitro groups is 1. The van der Waals surface area contributed by atoms with Gasteiger partial charge in [0.15, 0.2) is 0 Å². The predicted molar refractivity (Wildman–Crippen MR) is 144 cm³/mol. The Bertz CT molecular complexity index is 1220. The van der Waals surface area contributed by atoms with Gasteiger partial charge in [-0.2, -0.15) is 0 Å². The number of nitrogens with zero attached hydrogens (tertiary/aromatic N) is 1. The molecule has 0 aliphatic heterocycles. The van der Waals surface area contributed by atoms with Crippen molar-refractivity contribution >= 4 is 17.9 Å². The molecule has 1 amide bonds. The average molecular weight is 503 g/mol. The molecular weight excluding hydrogens is 472 g/mol. The van der Waals surface area contributed by atoms with E-state index >= 15 is 0 Å². The van der Waals surface area contributed by atoms with Crippen LogP contribution in [0.2, 0.25) is 0 Å². The first-order valence-electron chi connectivity index (χ1n) is 12.0. The zero-order valence-corrected chi connectivity index (χ0v) is 21.5. The summed E-state index contributed by atoms with van der Waals surface area (Å²) in [6.07, 6.45) is 1.49. The van der Waals surface area contributed by atoms with Crippen LogP contribution in [0.4, 0.5) is 4.79 Å². The number of aryl methyl sites for hydroxylation is 1. The molecule has 4 rings (SSSR count). The zero-order chi connectivity index (χ0) is 25.7. The molecule has 0 spiro atoms. The fourth-order valence-electron chi connectivity index (χ4n) is 4.50. The third-order valence-corrected chi connectivity index (χ3v) is 7.14. The van der Waals surface area contributed by atoms with Crippen molar-refractivity contribution in [2.45, 2.75) is 44.0 Å². The minimum Gasteiger partial charge on any atom is -0.449 e. The number of amides is 1. The summed E-state index contributed by atoms with van der Waals surface area (Å²) in [5, 5.41) is 14.6. The number of thioether (sulfide) groups is 1. The molecule has 36 heavy (non-hydrogen) atoms. The van der Waals surface area contributed by atoms with Gasteiger partial charge in [-0.1, -0.05) is 80.1 Å². The molecule has 7 heteroatoms. The van der Waals surface area contributed by atoms with E-state index in [1.807, 2.05) is 69.3 Å². The lowest BCUT2D eigenvalue weighted by Crippen LogP contribution is -2.36. The van der Waals surface area contributed by atoms with E-state index in [-0.39, 0.29) is 23.5 Å². The first-order chi connectivity index (χ1) is 17.3. The van der Waals surface area contributed by atoms with Crippen LogP contribution >= 0.6 is 11.8 Å². The van der Waals surface area contributed by atoms with Crippen molar-refractivity contribution < 1.29 is 14.5 Å². The molecular formula is C29H30N2O4S. The Labute approximate surface area is 215 Å². The molecule has 3 aromatic rings. The van der Waals surface area contributed by atoms with E-state index in [4.69, 9.17) is 4.74 Å². The highest BCUT2D eigenvalue weighted by Gasteiger charge is 2.29. The first-order valence-corrected chi connectivity index (χ1v) is 12.9. The van der Waals surface area contributed by atoms with E-state index in [9.17, 15) is 14.9 Å². The molecule has 1 aliphatic rings. The van der Waals surface area contributed by atoms with Crippen molar-refractivity contribution in [3.05, 3.63) is 111 Å². The van der Waals surface area contributed by atoms with Gasteiger partial charge in [0.25, 0.3) is 0 Å². The molecule has 1 atom stereocenters. The number of nitrogens with one attached hydrogen (secondary N) is 1. The van der Waals surface area contributed by atoms with E-state index in [0.717, 1.165) is 44.5 Å². The van der Waals surface area contributed by atoms with E-state index in [2.05, 4.69) is 29.6 Å². The standard InChI is InChI=1S/C29H30N2O4S/c1-19(2)16-21(17-28(31(33)34)36-22-14-12-20(3)13-15-22)30-29(32)35-18-27-25-10-6-4-8-23(25)24-9-5-7-11-26(24)27/h4-15,17,19,21,27H,16,18H2,1-3H3,(H,30,32)/b28-17-/t21-/m0/s1. The van der Waals surface area contributed by atoms with Gasteiger partial charge in [0.1, 0.15) is 6.61 Å². The number of rotatable bonds is 9. The van der Waals surface area contributed by atoms with Gasteiger partial charge < -0.3 is 10.1 Å². The number of ether oxygens (including phenoxy) is 1. The van der Waals surface area contributed by atoms with Crippen LogP contribution < -0.4 is 5.32 Å². The van der Waals surface area contributed by atoms with Crippen LogP contribution in [0.1, 0.15) is 42.9 Å². The third kappa shape index (κ3) is 6.15. The average Bonchev–Trinajstić information content (AvgIpc) is 3.17. The normalized spacial score (nSPS) is 13.7. The van der Waals surface area contributed by atoms with Crippen LogP contribution in [0.5, 0.6) is 0 Å². The topological polar surface area (TPSA) is 81.5 Å². The second kappa shape index (κ2) is 11.4. The number of benzene rings is 3. The molecule has 0 saturated carbocycles. The maximum absolute atomic E-state index is 12.8. The molecule has 6 nitrogen and oxygen atoms in total. The van der Waals surface area contributed by atoms with Crippen LogP contribution in [0.15, 0.2) is 88.8 Å². The molecule has 186 valence electrons. The number of hydrogen-bond donors (Lipinski definition) is 1. The summed E-state index contributed by atoms with van der Waals surface area (Å²) in [4.78, 5) is 25.0. The minimum absolute atomic E-state index is 0.0246. The largest absolute Gasteiger partial charge is 0.449 e. The lowest BCUT2D eigenvalue weighted by Gasteiger charge is -2.19. The maximum Gasteiger partial charge on any atom is 0.407 e. The van der Waals surface area contributed by atoms with Gasteiger partial charge in [-0.3, -0.25) is 10.1 Å². The summed E-state index contributed by atoms with van der Waals surface area (Å²) in [7, 11) is 0. The Balaban J connectivity index is 1.46. The Morgan fingerprint density at radius 1 is 1.03 bits per heavy atom. The number of hydrogen-bond acceptors (Lipinski definition) is 5. The lowest BCUT2D eigenvalue weighted by atomic mass is 9.98. The smallest absolute Gasteiger partial charge is 0.407 e. The van der Waals surface area contributed by atoms with E-state index in [1.165, 1.54) is 6.08 Å². The quantitative estimate of drug-likeness (QED) is 0.191. The predicted octanol–water partition coefficient (Wildman–Crippen LogP) is 7.16. The van der Waals surface area contributed by atoms with Crippen molar-refractivity contribution in [3.63, 3.8) is 0 Å². The molecule has 0 bridgehead atoms. The van der Waals surface area contributed by atoms with Gasteiger partial charge in [-0.25, -0.2) is 4.79 Å². The SMILES string of the molecule is Cc1ccc(S/C(=C\[C@H](CC(C)C)NC(=O)OCC2c3ccccc3-c3ccccc32)[N+](=O)[O-])cc1. The molecule has 0 aromatic heterocycles. The van der Waals surface area contributed by atoms with Gasteiger partial charge in [0.05, 0.1) is 11.0 Å². The van der Waals surface area contributed by atoms with E-state index in [1.54, 1.807) is 0 Å². The van der Waals surface area contributed by atoms with E-state index < -0.39 is 17.1 Å². The number of alkyl carbamates (subject to hydrolysis) is 1. The highest BCUT2D eigenvalue weighted by atomic mass is 32.2. The van der Waals surface area contributed by atoms with Crippen LogP contribution in [0, 0.1) is 23.0 Å². The first kappa shape index (κ1) is 25.5. The van der Waals surface area contributed by atoms with Crippen molar-refractivity contribution in [2.75, 3.05) is 6.61 Å². The Morgan fingerprint density at radius 3 is 2.17 bits per heavy atom. The fourth-order valence-corrected chi connectivity index (χ4v) is 5.32. The Morgan fingerprint density at radius 2 is 1.61 bits per heavy atom.